The first-order valence-electron chi connectivity index (χ1n) is 12.6. The van der Waals surface area contributed by atoms with Gasteiger partial charge in [-0.2, -0.15) is 0 Å². The Morgan fingerprint density at radius 2 is 1.29 bits per heavy atom. The van der Waals surface area contributed by atoms with E-state index in [0.717, 1.165) is 5.56 Å². The van der Waals surface area contributed by atoms with Crippen LogP contribution in [0.15, 0.2) is 78.4 Å². The molecule has 1 N–H and O–H groups in total. The highest BCUT2D eigenvalue weighted by atomic mass is 16.5. The summed E-state index contributed by atoms with van der Waals surface area (Å²) < 4.78 is 16.7. The third kappa shape index (κ3) is 5.83. The van der Waals surface area contributed by atoms with Gasteiger partial charge in [0.25, 0.3) is 11.7 Å². The highest BCUT2D eigenvalue weighted by Gasteiger charge is 2.46. The van der Waals surface area contributed by atoms with E-state index in [9.17, 15) is 14.7 Å². The number of likely N-dealkylation sites (tertiary alicyclic amines) is 1. The summed E-state index contributed by atoms with van der Waals surface area (Å²) in [7, 11) is 1.59. The first-order valence-corrected chi connectivity index (χ1v) is 12.6. The molecule has 1 amide bonds. The molecule has 0 aromatic heterocycles. The summed E-state index contributed by atoms with van der Waals surface area (Å²) >= 11 is 0. The van der Waals surface area contributed by atoms with Gasteiger partial charge in [0, 0.05) is 12.1 Å². The second-order valence-electron chi connectivity index (χ2n) is 9.70. The average Bonchev–Trinajstić information content (AvgIpc) is 3.14. The third-order valence-electron chi connectivity index (χ3n) is 6.12. The van der Waals surface area contributed by atoms with Gasteiger partial charge in [-0.15, -0.1) is 0 Å². The van der Waals surface area contributed by atoms with Crippen LogP contribution in [0.1, 0.15) is 50.4 Å². The Bertz CT molecular complexity index is 1310. The fourth-order valence-corrected chi connectivity index (χ4v) is 4.44. The van der Waals surface area contributed by atoms with Crippen LogP contribution in [0.25, 0.3) is 5.76 Å². The summed E-state index contributed by atoms with van der Waals surface area (Å²) in [6.07, 6.45) is 0.00424. The zero-order valence-corrected chi connectivity index (χ0v) is 22.3. The Kier molecular flexibility index (Phi) is 8.05. The van der Waals surface area contributed by atoms with Gasteiger partial charge in [-0.1, -0.05) is 24.3 Å². The molecular weight excluding hydrogens is 482 g/mol. The SMILES string of the molecule is COc1ccc(CN2C(=O)C(=O)/C(=C(/O)c3ccc(OC(C)C)cc3)C2c2ccc(OC(C)C)cc2)cc1. The van der Waals surface area contributed by atoms with Gasteiger partial charge in [-0.25, -0.2) is 0 Å². The molecule has 198 valence electrons. The Balaban J connectivity index is 1.77. The van der Waals surface area contributed by atoms with E-state index in [4.69, 9.17) is 14.2 Å². The molecule has 0 radical (unpaired) electrons. The lowest BCUT2D eigenvalue weighted by Crippen LogP contribution is -2.29. The molecule has 4 rings (SSSR count). The number of aliphatic hydroxyl groups excluding tert-OH is 1. The molecule has 1 heterocycles. The lowest BCUT2D eigenvalue weighted by molar-refractivity contribution is -0.140. The molecule has 7 heteroatoms. The topological polar surface area (TPSA) is 85.3 Å². The molecule has 1 aliphatic rings. The van der Waals surface area contributed by atoms with Gasteiger partial charge in [0.05, 0.1) is 30.9 Å². The van der Waals surface area contributed by atoms with Crippen LogP contribution >= 0.6 is 0 Å². The number of hydrogen-bond acceptors (Lipinski definition) is 6. The first-order chi connectivity index (χ1) is 18.2. The summed E-state index contributed by atoms with van der Waals surface area (Å²) in [4.78, 5) is 28.2. The standard InChI is InChI=1S/C31H33NO6/c1-19(2)37-25-14-8-22(9-15-25)28-27(29(33)23-10-16-26(17-11-23)38-20(3)4)30(34)31(35)32(28)18-21-6-12-24(36-5)13-7-21/h6-17,19-20,28,33H,18H2,1-5H3/b29-27+. The van der Waals surface area contributed by atoms with Crippen molar-refractivity contribution in [2.24, 2.45) is 0 Å². The number of ketones is 1. The molecule has 3 aromatic carbocycles. The lowest BCUT2D eigenvalue weighted by Gasteiger charge is -2.26. The third-order valence-corrected chi connectivity index (χ3v) is 6.12. The molecule has 0 saturated carbocycles. The molecule has 38 heavy (non-hydrogen) atoms. The Morgan fingerprint density at radius 1 is 0.789 bits per heavy atom. The maximum absolute atomic E-state index is 13.4. The first kappa shape index (κ1) is 26.8. The van der Waals surface area contributed by atoms with Gasteiger partial charge in [0.2, 0.25) is 0 Å². The van der Waals surface area contributed by atoms with E-state index in [1.165, 1.54) is 4.90 Å². The number of nitrogens with zero attached hydrogens (tertiary/aromatic N) is 1. The Hall–Kier alpha value is -4.26. The van der Waals surface area contributed by atoms with Crippen LogP contribution in [0.5, 0.6) is 17.2 Å². The fraction of sp³-hybridized carbons (Fsp3) is 0.290. The molecule has 1 saturated heterocycles. The second-order valence-corrected chi connectivity index (χ2v) is 9.70. The highest BCUT2D eigenvalue weighted by Crippen LogP contribution is 2.41. The van der Waals surface area contributed by atoms with Crippen molar-refractivity contribution in [2.75, 3.05) is 7.11 Å². The van der Waals surface area contributed by atoms with Crippen LogP contribution in [0, 0.1) is 0 Å². The van der Waals surface area contributed by atoms with E-state index >= 15 is 0 Å². The number of rotatable bonds is 9. The number of methoxy groups -OCH3 is 1. The monoisotopic (exact) mass is 515 g/mol. The number of Topliss-reactive ketones (excluding diaryl/α,β-unsaturated/α-hetero) is 1. The maximum atomic E-state index is 13.4. The molecule has 1 atom stereocenters. The van der Waals surface area contributed by atoms with Crippen molar-refractivity contribution >= 4 is 17.4 Å². The molecule has 1 fully saturated rings. The predicted octanol–water partition coefficient (Wildman–Crippen LogP) is 5.89. The molecule has 1 unspecified atom stereocenters. The lowest BCUT2D eigenvalue weighted by atomic mass is 9.95. The molecular formula is C31H33NO6. The highest BCUT2D eigenvalue weighted by molar-refractivity contribution is 6.46. The largest absolute Gasteiger partial charge is 0.507 e. The van der Waals surface area contributed by atoms with Crippen molar-refractivity contribution in [3.05, 3.63) is 95.1 Å². The summed E-state index contributed by atoms with van der Waals surface area (Å²) in [6.45, 7) is 7.91. The van der Waals surface area contributed by atoms with Crippen molar-refractivity contribution in [1.29, 1.82) is 0 Å². The molecule has 7 nitrogen and oxygen atoms in total. The fourth-order valence-electron chi connectivity index (χ4n) is 4.44. The van der Waals surface area contributed by atoms with E-state index in [-0.39, 0.29) is 30.1 Å². The minimum Gasteiger partial charge on any atom is -0.507 e. The van der Waals surface area contributed by atoms with Gasteiger partial charge in [0.1, 0.15) is 23.0 Å². The number of hydrogen-bond donors (Lipinski definition) is 1. The summed E-state index contributed by atoms with van der Waals surface area (Å²) in [5.74, 6) is 0.383. The maximum Gasteiger partial charge on any atom is 0.295 e. The van der Waals surface area contributed by atoms with E-state index in [0.29, 0.717) is 28.4 Å². The molecule has 0 spiro atoms. The molecule has 3 aromatic rings. The summed E-state index contributed by atoms with van der Waals surface area (Å²) in [5.41, 5.74) is 1.98. The van der Waals surface area contributed by atoms with Crippen LogP contribution in [0.4, 0.5) is 0 Å². The molecule has 0 bridgehead atoms. The van der Waals surface area contributed by atoms with Gasteiger partial charge in [-0.05, 0) is 87.4 Å². The van der Waals surface area contributed by atoms with Crippen LogP contribution in [0.2, 0.25) is 0 Å². The van der Waals surface area contributed by atoms with Crippen molar-refractivity contribution in [1.82, 2.24) is 4.90 Å². The quantitative estimate of drug-likeness (QED) is 0.217. The minimum absolute atomic E-state index is 0.000345. The number of ether oxygens (including phenoxy) is 3. The van der Waals surface area contributed by atoms with Crippen molar-refractivity contribution in [2.45, 2.75) is 52.5 Å². The number of carbonyl (C=O) groups excluding carboxylic acids is 2. The van der Waals surface area contributed by atoms with Crippen molar-refractivity contribution in [3.8, 4) is 17.2 Å². The zero-order valence-electron chi connectivity index (χ0n) is 22.3. The summed E-state index contributed by atoms with van der Waals surface area (Å²) in [5, 5.41) is 11.3. The van der Waals surface area contributed by atoms with E-state index in [2.05, 4.69) is 0 Å². The zero-order chi connectivity index (χ0) is 27.4. The number of benzene rings is 3. The normalized spacial score (nSPS) is 16.8. The van der Waals surface area contributed by atoms with Crippen molar-refractivity contribution in [3.63, 3.8) is 0 Å². The Morgan fingerprint density at radius 3 is 1.79 bits per heavy atom. The van der Waals surface area contributed by atoms with Gasteiger partial charge < -0.3 is 24.2 Å². The average molecular weight is 516 g/mol. The van der Waals surface area contributed by atoms with Crippen LogP contribution in [-0.2, 0) is 16.1 Å². The van der Waals surface area contributed by atoms with Crippen molar-refractivity contribution < 1.29 is 28.9 Å². The van der Waals surface area contributed by atoms with Gasteiger partial charge >= 0.3 is 0 Å². The number of aliphatic hydroxyl groups is 1. The van der Waals surface area contributed by atoms with Crippen LogP contribution in [-0.4, -0.2) is 41.0 Å². The van der Waals surface area contributed by atoms with Crippen LogP contribution < -0.4 is 14.2 Å². The second kappa shape index (κ2) is 11.4. The van der Waals surface area contributed by atoms with E-state index in [1.807, 2.05) is 52.0 Å². The molecule has 0 aliphatic carbocycles. The molecule has 1 aliphatic heterocycles. The minimum atomic E-state index is -0.781. The number of amides is 1. The smallest absolute Gasteiger partial charge is 0.295 e. The summed E-state index contributed by atoms with van der Waals surface area (Å²) in [6, 6.07) is 20.6. The van der Waals surface area contributed by atoms with Gasteiger partial charge in [-0.3, -0.25) is 9.59 Å². The van der Waals surface area contributed by atoms with Crippen LogP contribution in [0.3, 0.4) is 0 Å². The Labute approximate surface area is 223 Å². The number of carbonyl (C=O) groups is 2. The van der Waals surface area contributed by atoms with E-state index < -0.39 is 17.7 Å². The van der Waals surface area contributed by atoms with E-state index in [1.54, 1.807) is 55.6 Å². The van der Waals surface area contributed by atoms with Gasteiger partial charge in [0.15, 0.2) is 0 Å². The predicted molar refractivity (Wildman–Crippen MR) is 145 cm³/mol.